The average molecular weight is 343 g/mol. The Balaban J connectivity index is 1.99. The van der Waals surface area contributed by atoms with Gasteiger partial charge in [0.15, 0.2) is 0 Å². The van der Waals surface area contributed by atoms with Crippen LogP contribution in [-0.4, -0.2) is 17.9 Å². The molecule has 6 heteroatoms. The van der Waals surface area contributed by atoms with Crippen LogP contribution in [-0.2, 0) is 11.3 Å². The Kier molecular flexibility index (Phi) is 6.25. The Hall–Kier alpha value is -2.73. The number of halogens is 1. The van der Waals surface area contributed by atoms with Crippen LogP contribution in [0, 0.1) is 11.7 Å². The molecule has 0 heterocycles. The Morgan fingerprint density at radius 2 is 1.84 bits per heavy atom. The molecule has 4 N–H and O–H groups in total. The molecule has 2 aromatic carbocycles. The molecule has 0 aliphatic heterocycles. The molecule has 0 saturated carbocycles. The summed E-state index contributed by atoms with van der Waals surface area (Å²) in [5.74, 6) is -1.03. The van der Waals surface area contributed by atoms with Gasteiger partial charge in [0.1, 0.15) is 5.82 Å². The Morgan fingerprint density at radius 1 is 1.12 bits per heavy atom. The van der Waals surface area contributed by atoms with Crippen molar-refractivity contribution >= 4 is 17.5 Å². The summed E-state index contributed by atoms with van der Waals surface area (Å²) < 4.78 is 13.2. The van der Waals surface area contributed by atoms with Crippen molar-refractivity contribution in [1.82, 2.24) is 5.32 Å². The van der Waals surface area contributed by atoms with Crippen molar-refractivity contribution in [2.75, 3.05) is 5.32 Å². The number of nitrogens with one attached hydrogen (secondary N) is 2. The molecule has 2 aromatic rings. The summed E-state index contributed by atoms with van der Waals surface area (Å²) in [6.07, 6.45) is 0. The van der Waals surface area contributed by atoms with Gasteiger partial charge >= 0.3 is 0 Å². The van der Waals surface area contributed by atoms with Gasteiger partial charge in [0.25, 0.3) is 5.91 Å². The average Bonchev–Trinajstić information content (AvgIpc) is 2.59. The van der Waals surface area contributed by atoms with Gasteiger partial charge in [-0.05, 0) is 41.8 Å². The van der Waals surface area contributed by atoms with Gasteiger partial charge in [-0.25, -0.2) is 4.39 Å². The molecule has 0 saturated heterocycles. The number of carbonyl (C=O) groups is 2. The fourth-order valence-electron chi connectivity index (χ4n) is 2.20. The van der Waals surface area contributed by atoms with Crippen LogP contribution in [0.25, 0.3) is 0 Å². The second kappa shape index (κ2) is 8.39. The first-order valence-corrected chi connectivity index (χ1v) is 8.06. The van der Waals surface area contributed by atoms with Crippen LogP contribution in [0.3, 0.4) is 0 Å². The molecule has 2 rings (SSSR count). The molecule has 1 atom stereocenters. The topological polar surface area (TPSA) is 84.2 Å². The van der Waals surface area contributed by atoms with E-state index in [2.05, 4.69) is 10.6 Å². The van der Waals surface area contributed by atoms with E-state index in [0.717, 1.165) is 5.56 Å². The molecule has 0 aromatic heterocycles. The van der Waals surface area contributed by atoms with Gasteiger partial charge in [-0.2, -0.15) is 0 Å². The highest BCUT2D eigenvalue weighted by atomic mass is 19.1. The van der Waals surface area contributed by atoms with E-state index in [1.807, 2.05) is 19.9 Å². The number of anilines is 1. The predicted octanol–water partition coefficient (Wildman–Crippen LogP) is 2.68. The van der Waals surface area contributed by atoms with Gasteiger partial charge in [0.05, 0.1) is 6.04 Å². The molecular formula is C19H22FN3O2. The maximum Gasteiger partial charge on any atom is 0.255 e. The van der Waals surface area contributed by atoms with Crippen molar-refractivity contribution in [3.05, 3.63) is 65.5 Å². The van der Waals surface area contributed by atoms with Crippen molar-refractivity contribution in [2.45, 2.75) is 26.4 Å². The summed E-state index contributed by atoms with van der Waals surface area (Å²) in [5.41, 5.74) is 7.42. The Bertz CT molecular complexity index is 762. The molecule has 0 aliphatic rings. The van der Waals surface area contributed by atoms with E-state index in [0.29, 0.717) is 12.2 Å². The zero-order chi connectivity index (χ0) is 18.4. The highest BCUT2D eigenvalue weighted by Crippen LogP contribution is 2.13. The number of hydrogen-bond donors (Lipinski definition) is 3. The lowest BCUT2D eigenvalue weighted by Crippen LogP contribution is -2.43. The second-order valence-electron chi connectivity index (χ2n) is 6.15. The Labute approximate surface area is 146 Å². The minimum atomic E-state index is -0.559. The standard InChI is InChI=1S/C19H22FN3O2/c1-12(2)17(21)19(25)22-11-13-5-3-8-16(9-13)23-18(24)14-6-4-7-15(20)10-14/h3-10,12,17H,11,21H2,1-2H3,(H,22,25)(H,23,24)/t17-/m0/s1. The van der Waals surface area contributed by atoms with Crippen molar-refractivity contribution in [2.24, 2.45) is 11.7 Å². The molecule has 2 amide bonds. The summed E-state index contributed by atoms with van der Waals surface area (Å²) >= 11 is 0. The number of nitrogens with two attached hydrogens (primary N) is 1. The monoisotopic (exact) mass is 343 g/mol. The predicted molar refractivity (Wildman–Crippen MR) is 95.5 cm³/mol. The number of carbonyl (C=O) groups excluding carboxylic acids is 2. The molecule has 0 aliphatic carbocycles. The first-order chi connectivity index (χ1) is 11.9. The molecule has 132 valence electrons. The minimum Gasteiger partial charge on any atom is -0.351 e. The second-order valence-corrected chi connectivity index (χ2v) is 6.15. The van der Waals surface area contributed by atoms with E-state index in [9.17, 15) is 14.0 Å². The minimum absolute atomic E-state index is 0.0527. The van der Waals surface area contributed by atoms with E-state index >= 15 is 0 Å². The highest BCUT2D eigenvalue weighted by Gasteiger charge is 2.16. The van der Waals surface area contributed by atoms with Crippen LogP contribution < -0.4 is 16.4 Å². The van der Waals surface area contributed by atoms with E-state index in [-0.39, 0.29) is 17.4 Å². The van der Waals surface area contributed by atoms with Crippen molar-refractivity contribution < 1.29 is 14.0 Å². The van der Waals surface area contributed by atoms with Gasteiger partial charge in [0.2, 0.25) is 5.91 Å². The molecule has 0 unspecified atom stereocenters. The first kappa shape index (κ1) is 18.6. The summed E-state index contributed by atoms with van der Waals surface area (Å²) in [7, 11) is 0. The fourth-order valence-corrected chi connectivity index (χ4v) is 2.20. The molecule has 5 nitrogen and oxygen atoms in total. The van der Waals surface area contributed by atoms with E-state index in [4.69, 9.17) is 5.73 Å². The third kappa shape index (κ3) is 5.39. The molecule has 0 fully saturated rings. The lowest BCUT2D eigenvalue weighted by molar-refractivity contribution is -0.123. The lowest BCUT2D eigenvalue weighted by atomic mass is 10.0. The van der Waals surface area contributed by atoms with Crippen LogP contribution in [0.15, 0.2) is 48.5 Å². The summed E-state index contributed by atoms with van der Waals surface area (Å²) in [6, 6.07) is 12.0. The number of hydrogen-bond acceptors (Lipinski definition) is 3. The van der Waals surface area contributed by atoms with Crippen molar-refractivity contribution in [3.63, 3.8) is 0 Å². The summed E-state index contributed by atoms with van der Waals surface area (Å²) in [6.45, 7) is 4.07. The van der Waals surface area contributed by atoms with Crippen molar-refractivity contribution in [1.29, 1.82) is 0 Å². The lowest BCUT2D eigenvalue weighted by Gasteiger charge is -2.15. The zero-order valence-electron chi connectivity index (χ0n) is 14.3. The maximum absolute atomic E-state index is 13.2. The van der Waals surface area contributed by atoms with Crippen LogP contribution in [0.2, 0.25) is 0 Å². The zero-order valence-corrected chi connectivity index (χ0v) is 14.3. The molecular weight excluding hydrogens is 321 g/mol. The summed E-state index contributed by atoms with van der Waals surface area (Å²) in [5, 5.41) is 5.48. The molecule has 0 radical (unpaired) electrons. The van der Waals surface area contributed by atoms with E-state index in [1.165, 1.54) is 24.3 Å². The Morgan fingerprint density at radius 3 is 2.52 bits per heavy atom. The normalized spacial score (nSPS) is 11.9. The molecule has 0 spiro atoms. The van der Waals surface area contributed by atoms with Crippen LogP contribution in [0.1, 0.15) is 29.8 Å². The molecule has 25 heavy (non-hydrogen) atoms. The maximum atomic E-state index is 13.2. The first-order valence-electron chi connectivity index (χ1n) is 8.06. The number of benzene rings is 2. The third-order valence-corrected chi connectivity index (χ3v) is 3.76. The quantitative estimate of drug-likeness (QED) is 0.754. The highest BCUT2D eigenvalue weighted by molar-refractivity contribution is 6.04. The van der Waals surface area contributed by atoms with E-state index < -0.39 is 17.8 Å². The van der Waals surface area contributed by atoms with E-state index in [1.54, 1.807) is 18.2 Å². The summed E-state index contributed by atoms with van der Waals surface area (Å²) in [4.78, 5) is 24.0. The number of rotatable bonds is 6. The van der Waals surface area contributed by atoms with Gasteiger partial charge in [-0.1, -0.05) is 32.0 Å². The van der Waals surface area contributed by atoms with Crippen LogP contribution in [0.5, 0.6) is 0 Å². The SMILES string of the molecule is CC(C)[C@H](N)C(=O)NCc1cccc(NC(=O)c2cccc(F)c2)c1. The fraction of sp³-hybridized carbons (Fsp3) is 0.263. The third-order valence-electron chi connectivity index (χ3n) is 3.76. The smallest absolute Gasteiger partial charge is 0.255 e. The largest absolute Gasteiger partial charge is 0.351 e. The van der Waals surface area contributed by atoms with Gasteiger partial charge in [-0.15, -0.1) is 0 Å². The van der Waals surface area contributed by atoms with Crippen LogP contribution in [0.4, 0.5) is 10.1 Å². The van der Waals surface area contributed by atoms with Gasteiger partial charge < -0.3 is 16.4 Å². The van der Waals surface area contributed by atoms with Crippen molar-refractivity contribution in [3.8, 4) is 0 Å². The van der Waals surface area contributed by atoms with Crippen LogP contribution >= 0.6 is 0 Å². The van der Waals surface area contributed by atoms with Gasteiger partial charge in [0, 0.05) is 17.8 Å². The molecule has 0 bridgehead atoms. The van der Waals surface area contributed by atoms with Gasteiger partial charge in [-0.3, -0.25) is 9.59 Å². The number of amides is 2.